The zero-order valence-corrected chi connectivity index (χ0v) is 12.9. The fraction of sp³-hybridized carbons (Fsp3) is 0.0667. The van der Waals surface area contributed by atoms with Crippen LogP contribution in [-0.4, -0.2) is 17.0 Å². The van der Waals surface area contributed by atoms with Crippen LogP contribution in [0, 0.1) is 6.92 Å². The van der Waals surface area contributed by atoms with Gasteiger partial charge in [0.05, 0.1) is 5.69 Å². The van der Waals surface area contributed by atoms with Crippen LogP contribution >= 0.6 is 15.9 Å². The largest absolute Gasteiger partial charge is 0.409 e. The minimum absolute atomic E-state index is 0.0570. The molecule has 0 unspecified atom stereocenters. The van der Waals surface area contributed by atoms with Crippen molar-refractivity contribution in [3.05, 3.63) is 63.6 Å². The topological polar surface area (TPSA) is 87.7 Å². The van der Waals surface area contributed by atoms with Crippen molar-refractivity contribution >= 4 is 33.4 Å². The Bertz CT molecular complexity index is 714. The minimum Gasteiger partial charge on any atom is -0.409 e. The average molecular weight is 348 g/mol. The van der Waals surface area contributed by atoms with Gasteiger partial charge in [-0.25, -0.2) is 0 Å². The van der Waals surface area contributed by atoms with Crippen molar-refractivity contribution in [2.75, 3.05) is 5.32 Å². The zero-order chi connectivity index (χ0) is 15.4. The smallest absolute Gasteiger partial charge is 0.255 e. The van der Waals surface area contributed by atoms with Gasteiger partial charge < -0.3 is 16.3 Å². The van der Waals surface area contributed by atoms with Crippen LogP contribution in [-0.2, 0) is 0 Å². The van der Waals surface area contributed by atoms with Gasteiger partial charge in [-0.05, 0) is 42.8 Å². The second-order valence-corrected chi connectivity index (χ2v) is 5.36. The monoisotopic (exact) mass is 347 g/mol. The molecule has 2 rings (SSSR count). The van der Waals surface area contributed by atoms with Crippen LogP contribution in [0.3, 0.4) is 0 Å². The van der Waals surface area contributed by atoms with E-state index >= 15 is 0 Å². The molecule has 0 aliphatic heterocycles. The highest BCUT2D eigenvalue weighted by atomic mass is 79.9. The molecule has 108 valence electrons. The van der Waals surface area contributed by atoms with Crippen LogP contribution in [0.1, 0.15) is 21.5 Å². The number of para-hydroxylation sites is 1. The lowest BCUT2D eigenvalue weighted by Crippen LogP contribution is -2.19. The van der Waals surface area contributed by atoms with Crippen LogP contribution < -0.4 is 11.1 Å². The molecule has 0 aliphatic rings. The highest BCUT2D eigenvalue weighted by Crippen LogP contribution is 2.19. The van der Waals surface area contributed by atoms with E-state index in [9.17, 15) is 4.79 Å². The van der Waals surface area contributed by atoms with Crippen molar-refractivity contribution in [1.82, 2.24) is 0 Å². The number of nitrogens with zero attached hydrogens (tertiary/aromatic N) is 1. The van der Waals surface area contributed by atoms with Gasteiger partial charge in [-0.2, -0.15) is 0 Å². The Morgan fingerprint density at radius 3 is 2.62 bits per heavy atom. The van der Waals surface area contributed by atoms with Crippen LogP contribution in [0.2, 0.25) is 0 Å². The predicted octanol–water partition coefficient (Wildman–Crippen LogP) is 3.10. The number of carbonyl (C=O) groups is 1. The van der Waals surface area contributed by atoms with Gasteiger partial charge in [0.25, 0.3) is 5.91 Å². The SMILES string of the molecule is Cc1cc(Br)ccc1C(=O)Nc1ccccc1/C(N)=N/O. The number of nitrogens with two attached hydrogens (primary N) is 1. The molecule has 0 atom stereocenters. The van der Waals surface area contributed by atoms with Crippen molar-refractivity contribution < 1.29 is 10.0 Å². The maximum Gasteiger partial charge on any atom is 0.255 e. The molecule has 0 spiro atoms. The molecular formula is C15H14BrN3O2. The number of oxime groups is 1. The number of anilines is 1. The Hall–Kier alpha value is -2.34. The molecule has 0 aliphatic carbocycles. The second kappa shape index (κ2) is 6.41. The molecule has 0 bridgehead atoms. The summed E-state index contributed by atoms with van der Waals surface area (Å²) in [5.41, 5.74) is 7.96. The van der Waals surface area contributed by atoms with Crippen molar-refractivity contribution in [1.29, 1.82) is 0 Å². The molecule has 4 N–H and O–H groups in total. The van der Waals surface area contributed by atoms with Crippen molar-refractivity contribution in [2.45, 2.75) is 6.92 Å². The molecule has 2 aromatic carbocycles. The first kappa shape index (κ1) is 15.1. The highest BCUT2D eigenvalue weighted by Gasteiger charge is 2.13. The molecule has 0 radical (unpaired) electrons. The standard InChI is InChI=1S/C15H14BrN3O2/c1-9-8-10(16)6-7-11(9)15(20)18-13-5-3-2-4-12(13)14(17)19-21/h2-8,21H,1H3,(H2,17,19)(H,18,20). The Morgan fingerprint density at radius 1 is 1.24 bits per heavy atom. The van der Waals surface area contributed by atoms with Gasteiger partial charge >= 0.3 is 0 Å². The first-order valence-corrected chi connectivity index (χ1v) is 6.96. The third-order valence-electron chi connectivity index (χ3n) is 2.99. The van der Waals surface area contributed by atoms with Gasteiger partial charge in [0, 0.05) is 15.6 Å². The molecule has 1 amide bonds. The van der Waals surface area contributed by atoms with Gasteiger partial charge in [0.2, 0.25) is 0 Å². The van der Waals surface area contributed by atoms with E-state index < -0.39 is 0 Å². The van der Waals surface area contributed by atoms with E-state index in [1.165, 1.54) is 0 Å². The summed E-state index contributed by atoms with van der Waals surface area (Å²) in [6, 6.07) is 12.3. The van der Waals surface area contributed by atoms with Gasteiger partial charge in [0.1, 0.15) is 0 Å². The maximum atomic E-state index is 12.3. The average Bonchev–Trinajstić information content (AvgIpc) is 2.46. The van der Waals surface area contributed by atoms with Crippen LogP contribution in [0.25, 0.3) is 0 Å². The molecule has 21 heavy (non-hydrogen) atoms. The predicted molar refractivity (Wildman–Crippen MR) is 85.8 cm³/mol. The van der Waals surface area contributed by atoms with E-state index in [0.29, 0.717) is 16.8 Å². The third kappa shape index (κ3) is 3.41. The van der Waals surface area contributed by atoms with Gasteiger partial charge in [0.15, 0.2) is 5.84 Å². The first-order chi connectivity index (χ1) is 10.0. The number of amidine groups is 1. The summed E-state index contributed by atoms with van der Waals surface area (Å²) < 4.78 is 0.911. The normalized spacial score (nSPS) is 11.2. The molecule has 6 heteroatoms. The van der Waals surface area contributed by atoms with Gasteiger partial charge in [-0.3, -0.25) is 4.79 Å². The quantitative estimate of drug-likeness (QED) is 0.345. The van der Waals surface area contributed by atoms with E-state index in [0.717, 1.165) is 10.0 Å². The summed E-state index contributed by atoms with van der Waals surface area (Å²) in [6.07, 6.45) is 0. The van der Waals surface area contributed by atoms with E-state index in [-0.39, 0.29) is 11.7 Å². The van der Waals surface area contributed by atoms with Crippen LogP contribution in [0.5, 0.6) is 0 Å². The number of hydrogen-bond acceptors (Lipinski definition) is 3. The second-order valence-electron chi connectivity index (χ2n) is 4.44. The molecule has 0 saturated carbocycles. The number of halogens is 1. The molecule has 2 aromatic rings. The Balaban J connectivity index is 2.32. The Morgan fingerprint density at radius 2 is 1.95 bits per heavy atom. The molecule has 5 nitrogen and oxygen atoms in total. The van der Waals surface area contributed by atoms with Crippen molar-refractivity contribution in [3.8, 4) is 0 Å². The summed E-state index contributed by atoms with van der Waals surface area (Å²) in [5, 5.41) is 14.5. The number of nitrogens with one attached hydrogen (secondary N) is 1. The number of benzene rings is 2. The van der Waals surface area contributed by atoms with Crippen molar-refractivity contribution in [3.63, 3.8) is 0 Å². The molecule has 0 aromatic heterocycles. The van der Waals surface area contributed by atoms with E-state index in [2.05, 4.69) is 26.4 Å². The lowest BCUT2D eigenvalue weighted by molar-refractivity contribution is 0.102. The van der Waals surface area contributed by atoms with E-state index in [4.69, 9.17) is 10.9 Å². The van der Waals surface area contributed by atoms with E-state index in [1.807, 2.05) is 13.0 Å². The Kier molecular flexibility index (Phi) is 4.59. The maximum absolute atomic E-state index is 12.3. The summed E-state index contributed by atoms with van der Waals surface area (Å²) in [7, 11) is 0. The van der Waals surface area contributed by atoms with Crippen molar-refractivity contribution in [2.24, 2.45) is 10.9 Å². The fourth-order valence-electron chi connectivity index (χ4n) is 1.94. The third-order valence-corrected chi connectivity index (χ3v) is 3.49. The Labute approximate surface area is 130 Å². The summed E-state index contributed by atoms with van der Waals surface area (Å²) in [6.45, 7) is 1.86. The number of rotatable bonds is 3. The first-order valence-electron chi connectivity index (χ1n) is 6.17. The number of hydrogen-bond donors (Lipinski definition) is 3. The van der Waals surface area contributed by atoms with Crippen LogP contribution in [0.15, 0.2) is 52.1 Å². The summed E-state index contributed by atoms with van der Waals surface area (Å²) >= 11 is 3.36. The fourth-order valence-corrected chi connectivity index (χ4v) is 2.42. The van der Waals surface area contributed by atoms with E-state index in [1.54, 1.807) is 36.4 Å². The summed E-state index contributed by atoms with van der Waals surface area (Å²) in [5.74, 6) is -0.309. The molecule has 0 fully saturated rings. The molecule has 0 heterocycles. The minimum atomic E-state index is -0.252. The number of amides is 1. The zero-order valence-electron chi connectivity index (χ0n) is 11.3. The summed E-state index contributed by atoms with van der Waals surface area (Å²) in [4.78, 5) is 12.3. The van der Waals surface area contributed by atoms with Gasteiger partial charge in [-0.1, -0.05) is 33.2 Å². The number of aryl methyl sites for hydroxylation is 1. The molecular weight excluding hydrogens is 334 g/mol. The lowest BCUT2D eigenvalue weighted by Gasteiger charge is -2.11. The van der Waals surface area contributed by atoms with Gasteiger partial charge in [-0.15, -0.1) is 0 Å². The van der Waals surface area contributed by atoms with Crippen LogP contribution in [0.4, 0.5) is 5.69 Å². The highest BCUT2D eigenvalue weighted by molar-refractivity contribution is 9.10. The number of carbonyl (C=O) groups excluding carboxylic acids is 1. The lowest BCUT2D eigenvalue weighted by atomic mass is 10.1. The molecule has 0 saturated heterocycles.